The third-order valence-electron chi connectivity index (χ3n) is 4.37. The zero-order chi connectivity index (χ0) is 17.0. The molecule has 0 unspecified atom stereocenters. The minimum absolute atomic E-state index is 0. The number of guanidine groups is 1. The highest BCUT2D eigenvalue weighted by molar-refractivity contribution is 14.0. The zero-order valence-electron chi connectivity index (χ0n) is 15.4. The van der Waals surface area contributed by atoms with Gasteiger partial charge in [-0.3, -0.25) is 4.90 Å². The number of nitrogens with two attached hydrogens (primary N) is 1. The maximum absolute atomic E-state index is 5.98. The van der Waals surface area contributed by atoms with Gasteiger partial charge in [0, 0.05) is 26.2 Å². The number of morpholine rings is 1. The van der Waals surface area contributed by atoms with Gasteiger partial charge in [-0.25, -0.2) is 4.99 Å². The molecule has 5 nitrogen and oxygen atoms in total. The van der Waals surface area contributed by atoms with Gasteiger partial charge in [-0.05, 0) is 17.5 Å². The van der Waals surface area contributed by atoms with Crippen molar-refractivity contribution in [1.82, 2.24) is 10.2 Å². The Labute approximate surface area is 169 Å². The highest BCUT2D eigenvalue weighted by Gasteiger charge is 2.12. The molecule has 0 aliphatic carbocycles. The van der Waals surface area contributed by atoms with Crippen LogP contribution in [0.2, 0.25) is 0 Å². The molecule has 0 amide bonds. The van der Waals surface area contributed by atoms with Crippen LogP contribution in [0.5, 0.6) is 0 Å². The first-order chi connectivity index (χ1) is 11.8. The minimum atomic E-state index is 0. The van der Waals surface area contributed by atoms with Crippen LogP contribution in [-0.4, -0.2) is 43.7 Å². The van der Waals surface area contributed by atoms with Crippen LogP contribution in [-0.2, 0) is 17.8 Å². The summed E-state index contributed by atoms with van der Waals surface area (Å²) in [4.78, 5) is 6.94. The van der Waals surface area contributed by atoms with E-state index < -0.39 is 0 Å². The van der Waals surface area contributed by atoms with Gasteiger partial charge in [0.15, 0.2) is 5.96 Å². The van der Waals surface area contributed by atoms with Crippen molar-refractivity contribution in [2.75, 3.05) is 32.8 Å². The lowest BCUT2D eigenvalue weighted by Crippen LogP contribution is -2.36. The average Bonchev–Trinajstić information content (AvgIpc) is 2.62. The number of nitrogens with one attached hydrogen (secondary N) is 1. The van der Waals surface area contributed by atoms with Crippen molar-refractivity contribution in [2.45, 2.75) is 45.7 Å². The largest absolute Gasteiger partial charge is 0.379 e. The van der Waals surface area contributed by atoms with E-state index in [9.17, 15) is 0 Å². The number of unbranched alkanes of at least 4 members (excludes halogenated alkanes) is 3. The zero-order valence-corrected chi connectivity index (χ0v) is 17.7. The molecule has 1 fully saturated rings. The second kappa shape index (κ2) is 13.4. The Morgan fingerprint density at radius 1 is 1.16 bits per heavy atom. The number of halogens is 1. The van der Waals surface area contributed by atoms with Crippen molar-refractivity contribution in [3.05, 3.63) is 35.4 Å². The van der Waals surface area contributed by atoms with Gasteiger partial charge in [0.1, 0.15) is 0 Å². The van der Waals surface area contributed by atoms with E-state index in [1.165, 1.54) is 30.4 Å². The van der Waals surface area contributed by atoms with Crippen molar-refractivity contribution in [3.63, 3.8) is 0 Å². The van der Waals surface area contributed by atoms with Gasteiger partial charge in [0.05, 0.1) is 19.8 Å². The number of benzene rings is 1. The summed E-state index contributed by atoms with van der Waals surface area (Å²) in [5.41, 5.74) is 8.56. The fourth-order valence-electron chi connectivity index (χ4n) is 2.86. The fourth-order valence-corrected chi connectivity index (χ4v) is 2.86. The van der Waals surface area contributed by atoms with Crippen LogP contribution in [0.3, 0.4) is 0 Å². The number of aliphatic imine (C=N–C) groups is 1. The molecule has 25 heavy (non-hydrogen) atoms. The molecule has 6 heteroatoms. The molecule has 0 spiro atoms. The van der Waals surface area contributed by atoms with Crippen molar-refractivity contribution in [2.24, 2.45) is 10.7 Å². The fraction of sp³-hybridized carbons (Fsp3) is 0.632. The van der Waals surface area contributed by atoms with Crippen LogP contribution in [0.4, 0.5) is 0 Å². The Morgan fingerprint density at radius 2 is 1.88 bits per heavy atom. The maximum atomic E-state index is 5.98. The number of hydrogen-bond acceptors (Lipinski definition) is 3. The number of hydrogen-bond donors (Lipinski definition) is 2. The summed E-state index contributed by atoms with van der Waals surface area (Å²) in [6, 6.07) is 8.50. The van der Waals surface area contributed by atoms with Gasteiger partial charge in [-0.2, -0.15) is 0 Å². The van der Waals surface area contributed by atoms with Crippen molar-refractivity contribution in [3.8, 4) is 0 Å². The van der Waals surface area contributed by atoms with Gasteiger partial charge in [-0.15, -0.1) is 24.0 Å². The third-order valence-corrected chi connectivity index (χ3v) is 4.37. The Kier molecular flexibility index (Phi) is 11.9. The third kappa shape index (κ3) is 8.87. The Morgan fingerprint density at radius 3 is 2.60 bits per heavy atom. The average molecular weight is 460 g/mol. The lowest BCUT2D eigenvalue weighted by atomic mass is 10.1. The molecule has 1 aliphatic heterocycles. The van der Waals surface area contributed by atoms with Crippen LogP contribution in [0, 0.1) is 0 Å². The molecule has 1 aromatic rings. The molecule has 1 heterocycles. The summed E-state index contributed by atoms with van der Waals surface area (Å²) in [6.45, 7) is 8.37. The summed E-state index contributed by atoms with van der Waals surface area (Å²) in [5.74, 6) is 0.549. The van der Waals surface area contributed by atoms with E-state index in [1.54, 1.807) is 0 Å². The summed E-state index contributed by atoms with van der Waals surface area (Å²) < 4.78 is 5.42. The highest BCUT2D eigenvalue weighted by Crippen LogP contribution is 2.14. The molecule has 1 aliphatic rings. The maximum Gasteiger partial charge on any atom is 0.188 e. The summed E-state index contributed by atoms with van der Waals surface area (Å²) in [5, 5.41) is 3.21. The van der Waals surface area contributed by atoms with Gasteiger partial charge in [0.2, 0.25) is 0 Å². The lowest BCUT2D eigenvalue weighted by Gasteiger charge is -2.27. The van der Waals surface area contributed by atoms with Crippen LogP contribution < -0.4 is 11.1 Å². The molecule has 2 rings (SSSR count). The number of ether oxygens (including phenoxy) is 1. The van der Waals surface area contributed by atoms with Gasteiger partial charge in [0.25, 0.3) is 0 Å². The first-order valence-corrected chi connectivity index (χ1v) is 9.20. The van der Waals surface area contributed by atoms with E-state index >= 15 is 0 Å². The first kappa shape index (κ1) is 22.2. The normalized spacial score (nSPS) is 15.6. The quantitative estimate of drug-likeness (QED) is 0.257. The SMILES string of the molecule is CCCCCCNC(N)=NCc1ccccc1CN1CCOCC1.I. The predicted molar refractivity (Wildman–Crippen MR) is 115 cm³/mol. The smallest absolute Gasteiger partial charge is 0.188 e. The molecule has 0 saturated carbocycles. The molecule has 3 N–H and O–H groups in total. The molecular formula is C19H33IN4O. The minimum Gasteiger partial charge on any atom is -0.379 e. The summed E-state index contributed by atoms with van der Waals surface area (Å²) in [7, 11) is 0. The molecule has 1 aromatic carbocycles. The molecule has 0 bridgehead atoms. The molecule has 0 atom stereocenters. The van der Waals surface area contributed by atoms with Gasteiger partial charge < -0.3 is 15.8 Å². The van der Waals surface area contributed by atoms with Crippen LogP contribution in [0.1, 0.15) is 43.7 Å². The van der Waals surface area contributed by atoms with E-state index in [-0.39, 0.29) is 24.0 Å². The van der Waals surface area contributed by atoms with Crippen molar-refractivity contribution in [1.29, 1.82) is 0 Å². The van der Waals surface area contributed by atoms with Crippen molar-refractivity contribution < 1.29 is 4.74 Å². The standard InChI is InChI=1S/C19H32N4O.HI/c1-2-3-4-7-10-21-19(20)22-15-17-8-5-6-9-18(17)16-23-11-13-24-14-12-23;/h5-6,8-9H,2-4,7,10-16H2,1H3,(H3,20,21,22);1H. The van der Waals surface area contributed by atoms with Crippen LogP contribution >= 0.6 is 24.0 Å². The Hall–Kier alpha value is -0.860. The van der Waals surface area contributed by atoms with E-state index in [0.29, 0.717) is 12.5 Å². The molecular weight excluding hydrogens is 427 g/mol. The van der Waals surface area contributed by atoms with E-state index in [0.717, 1.165) is 45.8 Å². The van der Waals surface area contributed by atoms with E-state index in [4.69, 9.17) is 10.5 Å². The molecule has 0 aromatic heterocycles. The summed E-state index contributed by atoms with van der Waals surface area (Å²) >= 11 is 0. The van der Waals surface area contributed by atoms with Crippen LogP contribution in [0.25, 0.3) is 0 Å². The predicted octanol–water partition coefficient (Wildman–Crippen LogP) is 3.12. The van der Waals surface area contributed by atoms with E-state index in [2.05, 4.69) is 46.4 Å². The molecule has 142 valence electrons. The highest BCUT2D eigenvalue weighted by atomic mass is 127. The lowest BCUT2D eigenvalue weighted by molar-refractivity contribution is 0.0341. The molecule has 1 saturated heterocycles. The first-order valence-electron chi connectivity index (χ1n) is 9.20. The second-order valence-electron chi connectivity index (χ2n) is 6.35. The monoisotopic (exact) mass is 460 g/mol. The Bertz CT molecular complexity index is 504. The topological polar surface area (TPSA) is 62.9 Å². The number of rotatable bonds is 9. The van der Waals surface area contributed by atoms with Gasteiger partial charge >= 0.3 is 0 Å². The Balaban J connectivity index is 0.00000312. The number of nitrogens with zero attached hydrogens (tertiary/aromatic N) is 2. The second-order valence-corrected chi connectivity index (χ2v) is 6.35. The van der Waals surface area contributed by atoms with Crippen molar-refractivity contribution >= 4 is 29.9 Å². The molecule has 0 radical (unpaired) electrons. The van der Waals surface area contributed by atoms with E-state index in [1.807, 2.05) is 0 Å². The van der Waals surface area contributed by atoms with Crippen LogP contribution in [0.15, 0.2) is 29.3 Å². The summed E-state index contributed by atoms with van der Waals surface area (Å²) in [6.07, 6.45) is 4.94. The van der Waals surface area contributed by atoms with Gasteiger partial charge in [-0.1, -0.05) is 50.5 Å².